The minimum absolute atomic E-state index is 0.170. The van der Waals surface area contributed by atoms with Crippen molar-refractivity contribution in [2.75, 3.05) is 37.3 Å². The van der Waals surface area contributed by atoms with Crippen LogP contribution >= 0.6 is 0 Å². The van der Waals surface area contributed by atoms with Gasteiger partial charge in [0, 0.05) is 32.2 Å². The van der Waals surface area contributed by atoms with E-state index in [1.165, 1.54) is 0 Å². The number of anilines is 2. The molecule has 1 aromatic heterocycles. The number of nitrogens with zero attached hydrogens (tertiary/aromatic N) is 4. The SMILES string of the molecule is Cc1nn(C)c(N2CCN(C)C(C)(C)C2)c1N. The van der Waals surface area contributed by atoms with Crippen LogP contribution in [0.4, 0.5) is 11.5 Å². The number of aromatic nitrogens is 2. The summed E-state index contributed by atoms with van der Waals surface area (Å²) < 4.78 is 1.89. The molecule has 5 nitrogen and oxygen atoms in total. The molecule has 0 atom stereocenters. The summed E-state index contributed by atoms with van der Waals surface area (Å²) in [6.07, 6.45) is 0. The summed E-state index contributed by atoms with van der Waals surface area (Å²) in [5.74, 6) is 1.06. The van der Waals surface area contributed by atoms with E-state index in [4.69, 9.17) is 5.73 Å². The number of nitrogens with two attached hydrogens (primary N) is 1. The average molecular weight is 237 g/mol. The Hall–Kier alpha value is -1.23. The lowest BCUT2D eigenvalue weighted by molar-refractivity contribution is 0.138. The van der Waals surface area contributed by atoms with Crippen molar-refractivity contribution in [3.8, 4) is 0 Å². The van der Waals surface area contributed by atoms with Crippen LogP contribution < -0.4 is 10.6 Å². The average Bonchev–Trinajstić information content (AvgIpc) is 2.46. The van der Waals surface area contributed by atoms with E-state index in [0.717, 1.165) is 36.8 Å². The fraction of sp³-hybridized carbons (Fsp3) is 0.750. The first kappa shape index (κ1) is 12.2. The summed E-state index contributed by atoms with van der Waals surface area (Å²) in [6.45, 7) is 9.52. The lowest BCUT2D eigenvalue weighted by Gasteiger charge is -2.46. The number of piperazine rings is 1. The summed E-state index contributed by atoms with van der Waals surface area (Å²) >= 11 is 0. The van der Waals surface area contributed by atoms with Crippen molar-refractivity contribution in [1.82, 2.24) is 14.7 Å². The fourth-order valence-corrected chi connectivity index (χ4v) is 2.46. The van der Waals surface area contributed by atoms with Crippen molar-refractivity contribution in [1.29, 1.82) is 0 Å². The summed E-state index contributed by atoms with van der Waals surface area (Å²) in [5, 5.41) is 4.39. The monoisotopic (exact) mass is 237 g/mol. The Kier molecular flexibility index (Phi) is 2.81. The second-order valence-corrected chi connectivity index (χ2v) is 5.60. The molecule has 2 N–H and O–H groups in total. The Morgan fingerprint density at radius 2 is 1.88 bits per heavy atom. The van der Waals surface area contributed by atoms with Crippen LogP contribution in [-0.2, 0) is 7.05 Å². The van der Waals surface area contributed by atoms with E-state index >= 15 is 0 Å². The van der Waals surface area contributed by atoms with Crippen LogP contribution in [0.3, 0.4) is 0 Å². The zero-order valence-electron chi connectivity index (χ0n) is 11.5. The molecular formula is C12H23N5. The van der Waals surface area contributed by atoms with Crippen molar-refractivity contribution in [3.05, 3.63) is 5.69 Å². The molecule has 0 unspecified atom stereocenters. The maximum absolute atomic E-state index is 6.12. The van der Waals surface area contributed by atoms with E-state index in [0.29, 0.717) is 0 Å². The third kappa shape index (κ3) is 1.99. The molecule has 1 saturated heterocycles. The largest absolute Gasteiger partial charge is 0.394 e. The van der Waals surface area contributed by atoms with Gasteiger partial charge in [0.15, 0.2) is 5.82 Å². The van der Waals surface area contributed by atoms with Crippen LogP contribution in [0.1, 0.15) is 19.5 Å². The molecule has 0 radical (unpaired) electrons. The van der Waals surface area contributed by atoms with E-state index in [-0.39, 0.29) is 5.54 Å². The van der Waals surface area contributed by atoms with Gasteiger partial charge in [0.25, 0.3) is 0 Å². The maximum atomic E-state index is 6.12. The Balaban J connectivity index is 2.30. The summed E-state index contributed by atoms with van der Waals surface area (Å²) in [4.78, 5) is 4.73. The normalized spacial score (nSPS) is 20.9. The van der Waals surface area contributed by atoms with Crippen LogP contribution in [0.2, 0.25) is 0 Å². The van der Waals surface area contributed by atoms with Crippen LogP contribution in [0.25, 0.3) is 0 Å². The van der Waals surface area contributed by atoms with Gasteiger partial charge in [0.05, 0.1) is 11.4 Å². The molecule has 1 aromatic rings. The van der Waals surface area contributed by atoms with E-state index in [1.807, 2.05) is 18.7 Å². The van der Waals surface area contributed by atoms with Crippen molar-refractivity contribution < 1.29 is 0 Å². The molecule has 5 heteroatoms. The van der Waals surface area contributed by atoms with Gasteiger partial charge in [-0.3, -0.25) is 9.58 Å². The molecular weight excluding hydrogens is 214 g/mol. The molecule has 0 aliphatic carbocycles. The van der Waals surface area contributed by atoms with Gasteiger partial charge in [-0.2, -0.15) is 5.10 Å². The molecule has 1 aliphatic rings. The van der Waals surface area contributed by atoms with Crippen LogP contribution in [0, 0.1) is 6.92 Å². The smallest absolute Gasteiger partial charge is 0.150 e. The highest BCUT2D eigenvalue weighted by Gasteiger charge is 2.33. The second kappa shape index (κ2) is 3.91. The third-order valence-corrected chi connectivity index (χ3v) is 3.85. The summed E-state index contributed by atoms with van der Waals surface area (Å²) in [5.41, 5.74) is 8.02. The van der Waals surface area contributed by atoms with E-state index in [1.54, 1.807) is 0 Å². The van der Waals surface area contributed by atoms with Gasteiger partial charge in [-0.15, -0.1) is 0 Å². The number of hydrogen-bond acceptors (Lipinski definition) is 4. The maximum Gasteiger partial charge on any atom is 0.150 e. The number of rotatable bonds is 1. The first-order valence-corrected chi connectivity index (χ1v) is 6.08. The Morgan fingerprint density at radius 3 is 2.35 bits per heavy atom. The minimum Gasteiger partial charge on any atom is -0.394 e. The predicted octanol–water partition coefficient (Wildman–Crippen LogP) is 0.841. The fourth-order valence-electron chi connectivity index (χ4n) is 2.46. The molecule has 17 heavy (non-hydrogen) atoms. The Morgan fingerprint density at radius 1 is 1.24 bits per heavy atom. The van der Waals surface area contributed by atoms with Crippen molar-refractivity contribution in [3.63, 3.8) is 0 Å². The molecule has 2 rings (SSSR count). The van der Waals surface area contributed by atoms with E-state index in [2.05, 4.69) is 35.8 Å². The van der Waals surface area contributed by atoms with Crippen LogP contribution in [0.5, 0.6) is 0 Å². The summed E-state index contributed by atoms with van der Waals surface area (Å²) in [7, 11) is 4.14. The molecule has 2 heterocycles. The van der Waals surface area contributed by atoms with Gasteiger partial charge in [0.1, 0.15) is 0 Å². The molecule has 0 bridgehead atoms. The highest BCUT2D eigenvalue weighted by Crippen LogP contribution is 2.29. The number of hydrogen-bond donors (Lipinski definition) is 1. The van der Waals surface area contributed by atoms with Crippen molar-refractivity contribution >= 4 is 11.5 Å². The van der Waals surface area contributed by atoms with Gasteiger partial charge < -0.3 is 10.6 Å². The second-order valence-electron chi connectivity index (χ2n) is 5.60. The zero-order chi connectivity index (χ0) is 12.8. The topological polar surface area (TPSA) is 50.3 Å². The molecule has 1 aliphatic heterocycles. The third-order valence-electron chi connectivity index (χ3n) is 3.85. The number of likely N-dealkylation sites (N-methyl/N-ethyl adjacent to an activating group) is 1. The van der Waals surface area contributed by atoms with Crippen LogP contribution in [0.15, 0.2) is 0 Å². The highest BCUT2D eigenvalue weighted by atomic mass is 15.4. The van der Waals surface area contributed by atoms with E-state index < -0.39 is 0 Å². The number of nitrogen functional groups attached to an aromatic ring is 1. The van der Waals surface area contributed by atoms with Crippen molar-refractivity contribution in [2.24, 2.45) is 7.05 Å². The molecule has 0 aromatic carbocycles. The molecule has 0 spiro atoms. The van der Waals surface area contributed by atoms with Crippen LogP contribution in [-0.4, -0.2) is 46.9 Å². The summed E-state index contributed by atoms with van der Waals surface area (Å²) in [6, 6.07) is 0. The van der Waals surface area contributed by atoms with E-state index in [9.17, 15) is 0 Å². The Labute approximate surface area is 103 Å². The predicted molar refractivity (Wildman–Crippen MR) is 71.3 cm³/mol. The van der Waals surface area contributed by atoms with Crippen molar-refractivity contribution in [2.45, 2.75) is 26.3 Å². The zero-order valence-corrected chi connectivity index (χ0v) is 11.5. The number of aryl methyl sites for hydroxylation is 2. The first-order valence-electron chi connectivity index (χ1n) is 6.08. The molecule has 1 fully saturated rings. The van der Waals surface area contributed by atoms with Gasteiger partial charge in [0.2, 0.25) is 0 Å². The van der Waals surface area contributed by atoms with Gasteiger partial charge in [-0.25, -0.2) is 0 Å². The quantitative estimate of drug-likeness (QED) is 0.786. The van der Waals surface area contributed by atoms with Gasteiger partial charge in [-0.05, 0) is 27.8 Å². The van der Waals surface area contributed by atoms with Gasteiger partial charge >= 0.3 is 0 Å². The minimum atomic E-state index is 0.170. The lowest BCUT2D eigenvalue weighted by atomic mass is 10.00. The van der Waals surface area contributed by atoms with Gasteiger partial charge in [-0.1, -0.05) is 0 Å². The standard InChI is InChI=1S/C12H23N5/c1-9-10(13)11(16(5)14-9)17-7-6-15(4)12(2,3)8-17/h6-8,13H2,1-5H3. The Bertz CT molecular complexity index is 421. The molecule has 0 amide bonds. The lowest BCUT2D eigenvalue weighted by Crippen LogP contribution is -2.58. The molecule has 0 saturated carbocycles. The highest BCUT2D eigenvalue weighted by molar-refractivity contribution is 5.66. The molecule has 96 valence electrons. The first-order chi connectivity index (χ1) is 7.83.